The van der Waals surface area contributed by atoms with Crippen LogP contribution in [0.2, 0.25) is 0 Å². The van der Waals surface area contributed by atoms with Crippen molar-refractivity contribution in [3.8, 4) is 0 Å². The molecule has 0 spiro atoms. The van der Waals surface area contributed by atoms with Gasteiger partial charge < -0.3 is 15.3 Å². The van der Waals surface area contributed by atoms with Crippen LogP contribution in [0.25, 0.3) is 0 Å². The van der Waals surface area contributed by atoms with E-state index in [2.05, 4.69) is 30.9 Å². The number of hydrogen-bond acceptors (Lipinski definition) is 7. The van der Waals surface area contributed by atoms with Gasteiger partial charge in [-0.1, -0.05) is 0 Å². The van der Waals surface area contributed by atoms with Crippen LogP contribution < -0.4 is 16.6 Å². The van der Waals surface area contributed by atoms with E-state index >= 15 is 0 Å². The lowest BCUT2D eigenvalue weighted by Crippen LogP contribution is -2.14. The minimum Gasteiger partial charge on any atom is -0.360 e. The van der Waals surface area contributed by atoms with Gasteiger partial charge in [-0.3, -0.25) is 0 Å². The highest BCUT2D eigenvalue weighted by Gasteiger charge is 2.11. The fraction of sp³-hybridized carbons (Fsp3) is 0.333. The highest BCUT2D eigenvalue weighted by atomic mass is 15.3. The molecule has 1 atom stereocenters. The minimum atomic E-state index is -0.0111. The topological polar surface area (TPSA) is 107 Å². The Morgan fingerprint density at radius 2 is 2.12 bits per heavy atom. The Morgan fingerprint density at radius 3 is 2.76 bits per heavy atom. The molecule has 0 saturated heterocycles. The molecule has 0 radical (unpaired) electrons. The second-order valence-corrected chi connectivity index (χ2v) is 3.60. The first-order valence-electron chi connectivity index (χ1n) is 5.10. The Morgan fingerprint density at radius 1 is 1.35 bits per heavy atom. The SMILES string of the molecule is CC(Nc1cc(NN)ncn1)c1nncn1C. The number of aryl methyl sites for hydroxylation is 1. The number of hydrogen-bond donors (Lipinski definition) is 3. The Kier molecular flexibility index (Phi) is 3.15. The van der Waals surface area contributed by atoms with E-state index in [-0.39, 0.29) is 6.04 Å². The maximum atomic E-state index is 5.27. The zero-order valence-corrected chi connectivity index (χ0v) is 9.62. The van der Waals surface area contributed by atoms with Crippen LogP contribution in [-0.2, 0) is 7.05 Å². The standard InChI is InChI=1S/C9H14N8/c1-6(9-16-13-5-17(9)2)14-7-3-8(15-10)12-4-11-7/h3-6H,10H2,1-2H3,(H2,11,12,14,15). The summed E-state index contributed by atoms with van der Waals surface area (Å²) < 4.78 is 1.85. The number of nitrogens with two attached hydrogens (primary N) is 1. The van der Waals surface area contributed by atoms with E-state index in [4.69, 9.17) is 5.84 Å². The molecule has 0 amide bonds. The third kappa shape index (κ3) is 2.48. The van der Waals surface area contributed by atoms with Gasteiger partial charge in [0.2, 0.25) is 0 Å². The number of hydrazine groups is 1. The van der Waals surface area contributed by atoms with Gasteiger partial charge in [0, 0.05) is 13.1 Å². The molecule has 1 unspecified atom stereocenters. The van der Waals surface area contributed by atoms with Gasteiger partial charge in [-0.05, 0) is 6.92 Å². The number of nitrogens with one attached hydrogen (secondary N) is 2. The number of aromatic nitrogens is 5. The van der Waals surface area contributed by atoms with Crippen molar-refractivity contribution in [1.82, 2.24) is 24.7 Å². The van der Waals surface area contributed by atoms with Crippen molar-refractivity contribution >= 4 is 11.6 Å². The van der Waals surface area contributed by atoms with Crippen molar-refractivity contribution in [1.29, 1.82) is 0 Å². The van der Waals surface area contributed by atoms with Gasteiger partial charge >= 0.3 is 0 Å². The van der Waals surface area contributed by atoms with Crippen LogP contribution in [0.1, 0.15) is 18.8 Å². The van der Waals surface area contributed by atoms with Gasteiger partial charge in [0.15, 0.2) is 5.82 Å². The lowest BCUT2D eigenvalue weighted by molar-refractivity contribution is 0.716. The Bertz CT molecular complexity index is 493. The van der Waals surface area contributed by atoms with Gasteiger partial charge in [0.1, 0.15) is 24.3 Å². The quantitative estimate of drug-likeness (QED) is 0.507. The summed E-state index contributed by atoms with van der Waals surface area (Å²) in [5, 5.41) is 11.0. The Labute approximate surface area is 98.3 Å². The predicted octanol–water partition coefficient (Wildman–Crippen LogP) is 0.0638. The zero-order valence-electron chi connectivity index (χ0n) is 9.62. The average Bonchev–Trinajstić information content (AvgIpc) is 2.76. The van der Waals surface area contributed by atoms with Crippen molar-refractivity contribution < 1.29 is 0 Å². The van der Waals surface area contributed by atoms with Gasteiger partial charge in [-0.25, -0.2) is 15.8 Å². The van der Waals surface area contributed by atoms with Gasteiger partial charge in [0.05, 0.1) is 6.04 Å². The molecule has 90 valence electrons. The number of nitrogens with zero attached hydrogens (tertiary/aromatic N) is 5. The first-order chi connectivity index (χ1) is 8.20. The average molecular weight is 234 g/mol. The van der Waals surface area contributed by atoms with Crippen molar-refractivity contribution in [3.05, 3.63) is 24.5 Å². The number of nitrogen functional groups attached to an aromatic ring is 1. The normalized spacial score (nSPS) is 12.2. The molecule has 2 aromatic rings. The molecule has 17 heavy (non-hydrogen) atoms. The Balaban J connectivity index is 2.13. The molecule has 0 aliphatic rings. The Hall–Kier alpha value is -2.22. The van der Waals surface area contributed by atoms with Crippen molar-refractivity contribution in [2.24, 2.45) is 12.9 Å². The van der Waals surface area contributed by atoms with E-state index in [9.17, 15) is 0 Å². The zero-order chi connectivity index (χ0) is 12.3. The molecular weight excluding hydrogens is 220 g/mol. The van der Waals surface area contributed by atoms with Crippen LogP contribution in [0.4, 0.5) is 11.6 Å². The molecule has 0 aliphatic heterocycles. The maximum Gasteiger partial charge on any atom is 0.154 e. The highest BCUT2D eigenvalue weighted by Crippen LogP contribution is 2.16. The van der Waals surface area contributed by atoms with Crippen molar-refractivity contribution in [2.45, 2.75) is 13.0 Å². The molecule has 2 heterocycles. The molecule has 2 rings (SSSR count). The fourth-order valence-corrected chi connectivity index (χ4v) is 1.49. The van der Waals surface area contributed by atoms with Crippen LogP contribution in [0.15, 0.2) is 18.7 Å². The van der Waals surface area contributed by atoms with Crippen LogP contribution >= 0.6 is 0 Å². The molecule has 8 heteroatoms. The van der Waals surface area contributed by atoms with Crippen LogP contribution in [0.5, 0.6) is 0 Å². The molecule has 0 aromatic carbocycles. The van der Waals surface area contributed by atoms with Crippen molar-refractivity contribution in [2.75, 3.05) is 10.7 Å². The second kappa shape index (κ2) is 4.74. The number of anilines is 2. The third-order valence-corrected chi connectivity index (χ3v) is 2.31. The third-order valence-electron chi connectivity index (χ3n) is 2.31. The first kappa shape index (κ1) is 11.3. The molecule has 8 nitrogen and oxygen atoms in total. The summed E-state index contributed by atoms with van der Waals surface area (Å²) in [6.07, 6.45) is 3.08. The minimum absolute atomic E-state index is 0.0111. The summed E-state index contributed by atoms with van der Waals surface area (Å²) in [4.78, 5) is 8.02. The van der Waals surface area contributed by atoms with Crippen LogP contribution in [0, 0.1) is 0 Å². The summed E-state index contributed by atoms with van der Waals surface area (Å²) >= 11 is 0. The van der Waals surface area contributed by atoms with E-state index in [0.29, 0.717) is 11.6 Å². The highest BCUT2D eigenvalue weighted by molar-refractivity contribution is 5.46. The second-order valence-electron chi connectivity index (χ2n) is 3.60. The van der Waals surface area contributed by atoms with E-state index in [1.807, 2.05) is 18.5 Å². The first-order valence-corrected chi connectivity index (χ1v) is 5.10. The van der Waals surface area contributed by atoms with E-state index in [1.165, 1.54) is 6.33 Å². The molecular formula is C9H14N8. The summed E-state index contributed by atoms with van der Waals surface area (Å²) in [7, 11) is 1.89. The van der Waals surface area contributed by atoms with E-state index in [1.54, 1.807) is 12.4 Å². The largest absolute Gasteiger partial charge is 0.360 e. The lowest BCUT2D eigenvalue weighted by atomic mass is 10.3. The summed E-state index contributed by atoms with van der Waals surface area (Å²) in [6, 6.07) is 1.70. The van der Waals surface area contributed by atoms with E-state index < -0.39 is 0 Å². The van der Waals surface area contributed by atoms with Crippen LogP contribution in [0.3, 0.4) is 0 Å². The number of rotatable bonds is 4. The van der Waals surface area contributed by atoms with Gasteiger partial charge in [-0.2, -0.15) is 0 Å². The molecule has 2 aromatic heterocycles. The maximum absolute atomic E-state index is 5.27. The lowest BCUT2D eigenvalue weighted by Gasteiger charge is -2.13. The predicted molar refractivity (Wildman–Crippen MR) is 62.9 cm³/mol. The molecule has 0 fully saturated rings. The smallest absolute Gasteiger partial charge is 0.154 e. The van der Waals surface area contributed by atoms with Gasteiger partial charge in [-0.15, -0.1) is 10.2 Å². The summed E-state index contributed by atoms with van der Waals surface area (Å²) in [5.41, 5.74) is 2.46. The molecule has 0 saturated carbocycles. The van der Waals surface area contributed by atoms with Crippen LogP contribution in [-0.4, -0.2) is 24.7 Å². The molecule has 0 aliphatic carbocycles. The van der Waals surface area contributed by atoms with Gasteiger partial charge in [0.25, 0.3) is 0 Å². The molecule has 4 N–H and O–H groups in total. The monoisotopic (exact) mass is 234 g/mol. The molecule has 0 bridgehead atoms. The fourth-order valence-electron chi connectivity index (χ4n) is 1.49. The summed E-state index contributed by atoms with van der Waals surface area (Å²) in [5.74, 6) is 7.32. The summed E-state index contributed by atoms with van der Waals surface area (Å²) in [6.45, 7) is 1.97. The van der Waals surface area contributed by atoms with E-state index in [0.717, 1.165) is 5.82 Å². The van der Waals surface area contributed by atoms with Crippen molar-refractivity contribution in [3.63, 3.8) is 0 Å².